The van der Waals surface area contributed by atoms with E-state index in [0.717, 1.165) is 30.6 Å². The van der Waals surface area contributed by atoms with E-state index in [4.69, 9.17) is 47.4 Å². The fourth-order valence-electron chi connectivity index (χ4n) is 2.14. The van der Waals surface area contributed by atoms with Gasteiger partial charge in [-0.25, -0.2) is 0 Å². The van der Waals surface area contributed by atoms with Crippen LogP contribution < -0.4 is 9.47 Å². The summed E-state index contributed by atoms with van der Waals surface area (Å²) in [5, 5.41) is 0. The van der Waals surface area contributed by atoms with Gasteiger partial charge in [0.15, 0.2) is 0 Å². The van der Waals surface area contributed by atoms with E-state index in [1.165, 1.54) is 0 Å². The van der Waals surface area contributed by atoms with E-state index in [1.807, 2.05) is 25.1 Å². The Hall–Kier alpha value is -0.133. The molecule has 0 aromatic heterocycles. The van der Waals surface area contributed by atoms with E-state index in [9.17, 15) is 0 Å². The van der Waals surface area contributed by atoms with Gasteiger partial charge < -0.3 is 14.2 Å². The van der Waals surface area contributed by atoms with Gasteiger partial charge in [0.25, 0.3) is 0 Å². The minimum absolute atomic E-state index is 0.131. The average Bonchev–Trinajstić information content (AvgIpc) is 2.42. The molecule has 1 aromatic rings. The van der Waals surface area contributed by atoms with Crippen LogP contribution in [0.3, 0.4) is 0 Å². The lowest BCUT2D eigenvalue weighted by Gasteiger charge is -2.35. The van der Waals surface area contributed by atoms with Gasteiger partial charge in [0.2, 0.25) is 5.79 Å². The second-order valence-electron chi connectivity index (χ2n) is 5.30. The third-order valence-corrected chi connectivity index (χ3v) is 4.73. The first-order valence-electron chi connectivity index (χ1n) is 6.97. The van der Waals surface area contributed by atoms with Crippen molar-refractivity contribution in [3.63, 3.8) is 0 Å². The molecule has 0 saturated heterocycles. The Morgan fingerprint density at radius 3 is 2.76 bits per heavy atom. The predicted molar refractivity (Wildman–Crippen MR) is 88.6 cm³/mol. The minimum atomic E-state index is -2.78. The average molecular weight is 370 g/mol. The second kappa shape index (κ2) is 6.96. The van der Waals surface area contributed by atoms with E-state index >= 15 is 0 Å². The fourth-order valence-corrected chi connectivity index (χ4v) is 2.96. The van der Waals surface area contributed by atoms with Crippen LogP contribution in [0.25, 0.3) is 0 Å². The standard InChI is InChI=1S/C14H19Cl3O3Si/c1-3-4-7-14(2)19-9-11-8-12(5-6-13(11)20-14)18-10-21(15,16)17/h5-6,8H,3-4,7,9-10H2,1-2H3. The molecule has 1 aliphatic rings. The molecular formula is C14H19Cl3O3Si. The summed E-state index contributed by atoms with van der Waals surface area (Å²) in [5.41, 5.74) is 0.951. The molecule has 1 heterocycles. The number of fused-ring (bicyclic) bond motifs is 1. The molecule has 2 rings (SSSR count). The fraction of sp³-hybridized carbons (Fsp3) is 0.571. The molecule has 7 heteroatoms. The molecule has 0 radical (unpaired) electrons. The first-order chi connectivity index (χ1) is 9.81. The molecular weight excluding hydrogens is 351 g/mol. The highest BCUT2D eigenvalue weighted by atomic mass is 35.8. The van der Waals surface area contributed by atoms with Crippen molar-refractivity contribution in [1.82, 2.24) is 0 Å². The van der Waals surface area contributed by atoms with Gasteiger partial charge in [-0.15, -0.1) is 33.2 Å². The number of benzene rings is 1. The molecule has 1 aromatic carbocycles. The zero-order valence-corrected chi connectivity index (χ0v) is 15.4. The summed E-state index contributed by atoms with van der Waals surface area (Å²) >= 11 is 17.4. The number of hydrogen-bond donors (Lipinski definition) is 0. The summed E-state index contributed by atoms with van der Waals surface area (Å²) in [5.74, 6) is 0.950. The number of hydrogen-bond acceptors (Lipinski definition) is 3. The Morgan fingerprint density at radius 1 is 1.33 bits per heavy atom. The zero-order valence-electron chi connectivity index (χ0n) is 12.1. The summed E-state index contributed by atoms with van der Waals surface area (Å²) in [6, 6.07) is 2.81. The molecule has 0 bridgehead atoms. The normalized spacial score (nSPS) is 21.6. The van der Waals surface area contributed by atoms with Crippen molar-refractivity contribution in [2.75, 3.05) is 6.23 Å². The lowest BCUT2D eigenvalue weighted by Crippen LogP contribution is -2.38. The van der Waals surface area contributed by atoms with Crippen molar-refractivity contribution < 1.29 is 14.2 Å². The van der Waals surface area contributed by atoms with Gasteiger partial charge in [0.05, 0.1) is 6.61 Å². The molecule has 0 amide bonds. The Morgan fingerprint density at radius 2 is 2.10 bits per heavy atom. The molecule has 118 valence electrons. The van der Waals surface area contributed by atoms with Crippen LogP contribution in [0, 0.1) is 0 Å². The van der Waals surface area contributed by atoms with Crippen molar-refractivity contribution in [2.24, 2.45) is 0 Å². The van der Waals surface area contributed by atoms with Crippen molar-refractivity contribution in [3.8, 4) is 11.5 Å². The smallest absolute Gasteiger partial charge is 0.377 e. The Labute approximate surface area is 140 Å². The molecule has 0 aliphatic carbocycles. The van der Waals surface area contributed by atoms with Crippen LogP contribution in [0.1, 0.15) is 38.7 Å². The second-order valence-corrected chi connectivity index (χ2v) is 14.4. The van der Waals surface area contributed by atoms with Gasteiger partial charge in [-0.2, -0.15) is 0 Å². The third-order valence-electron chi connectivity index (χ3n) is 3.28. The summed E-state index contributed by atoms with van der Waals surface area (Å²) in [6.45, 7) is 4.63. The van der Waals surface area contributed by atoms with E-state index in [1.54, 1.807) is 0 Å². The topological polar surface area (TPSA) is 27.7 Å². The van der Waals surface area contributed by atoms with Crippen molar-refractivity contribution in [2.45, 2.75) is 45.5 Å². The van der Waals surface area contributed by atoms with Crippen molar-refractivity contribution >= 4 is 39.2 Å². The number of halogens is 3. The van der Waals surface area contributed by atoms with Crippen LogP contribution >= 0.6 is 33.2 Å². The third kappa shape index (κ3) is 5.22. The number of ether oxygens (including phenoxy) is 3. The molecule has 0 fully saturated rings. The summed E-state index contributed by atoms with van der Waals surface area (Å²) in [6.07, 6.45) is 3.19. The van der Waals surface area contributed by atoms with E-state index in [2.05, 4.69) is 6.92 Å². The molecule has 21 heavy (non-hydrogen) atoms. The van der Waals surface area contributed by atoms with Gasteiger partial charge in [-0.05, 0) is 24.6 Å². The van der Waals surface area contributed by atoms with Gasteiger partial charge in [0.1, 0.15) is 17.7 Å². The summed E-state index contributed by atoms with van der Waals surface area (Å²) in [4.78, 5) is 0. The van der Waals surface area contributed by atoms with Gasteiger partial charge in [-0.3, -0.25) is 0 Å². The van der Waals surface area contributed by atoms with Crippen LogP contribution in [0.2, 0.25) is 0 Å². The molecule has 3 nitrogen and oxygen atoms in total. The lowest BCUT2D eigenvalue weighted by atomic mass is 10.1. The highest BCUT2D eigenvalue weighted by Gasteiger charge is 2.32. The van der Waals surface area contributed by atoms with E-state index < -0.39 is 11.8 Å². The maximum atomic E-state index is 5.97. The molecule has 1 atom stereocenters. The molecule has 1 unspecified atom stereocenters. The van der Waals surface area contributed by atoms with Gasteiger partial charge in [0, 0.05) is 18.9 Å². The molecule has 0 spiro atoms. The van der Waals surface area contributed by atoms with Crippen LogP contribution in [-0.4, -0.2) is 18.0 Å². The summed E-state index contributed by atoms with van der Waals surface area (Å²) in [7, 11) is 0. The maximum Gasteiger partial charge on any atom is 0.377 e. The Bertz CT molecular complexity index is 493. The SMILES string of the molecule is CCCCC1(C)OCc2cc(OC[Si](Cl)(Cl)Cl)ccc2O1. The van der Waals surface area contributed by atoms with Crippen LogP contribution in [0.4, 0.5) is 0 Å². The number of unbranched alkanes of at least 4 members (excludes halogenated alkanes) is 1. The van der Waals surface area contributed by atoms with Crippen molar-refractivity contribution in [3.05, 3.63) is 23.8 Å². The first kappa shape index (κ1) is 17.2. The zero-order chi connectivity index (χ0) is 15.5. The largest absolute Gasteiger partial charge is 0.493 e. The minimum Gasteiger partial charge on any atom is -0.493 e. The monoisotopic (exact) mass is 368 g/mol. The Balaban J connectivity index is 2.03. The number of rotatable bonds is 6. The van der Waals surface area contributed by atoms with Gasteiger partial charge >= 0.3 is 6.00 Å². The maximum absolute atomic E-state index is 5.97. The quantitative estimate of drug-likeness (QED) is 0.517. The summed E-state index contributed by atoms with van der Waals surface area (Å²) < 4.78 is 17.3. The predicted octanol–water partition coefficient (Wildman–Crippen LogP) is 5.08. The van der Waals surface area contributed by atoms with Gasteiger partial charge in [-0.1, -0.05) is 13.3 Å². The lowest BCUT2D eigenvalue weighted by molar-refractivity contribution is -0.198. The Kier molecular flexibility index (Phi) is 5.71. The molecule has 0 N–H and O–H groups in total. The van der Waals surface area contributed by atoms with Crippen LogP contribution in [0.5, 0.6) is 11.5 Å². The van der Waals surface area contributed by atoms with Crippen LogP contribution in [0.15, 0.2) is 18.2 Å². The van der Waals surface area contributed by atoms with E-state index in [-0.39, 0.29) is 6.23 Å². The molecule has 0 saturated carbocycles. The first-order valence-corrected chi connectivity index (χ1v) is 12.2. The van der Waals surface area contributed by atoms with Crippen LogP contribution in [-0.2, 0) is 11.3 Å². The van der Waals surface area contributed by atoms with Crippen molar-refractivity contribution in [1.29, 1.82) is 0 Å². The van der Waals surface area contributed by atoms with E-state index in [0.29, 0.717) is 12.4 Å². The molecule has 1 aliphatic heterocycles. The highest BCUT2D eigenvalue weighted by Crippen LogP contribution is 2.36. The highest BCUT2D eigenvalue weighted by molar-refractivity contribution is 7.64.